The van der Waals surface area contributed by atoms with Gasteiger partial charge in [-0.3, -0.25) is 4.90 Å². The number of allylic oxidation sites excluding steroid dienone is 2. The molecule has 82 valence electrons. The van der Waals surface area contributed by atoms with Gasteiger partial charge in [-0.15, -0.1) is 0 Å². The summed E-state index contributed by atoms with van der Waals surface area (Å²) in [5.41, 5.74) is 2.28. The third-order valence-corrected chi connectivity index (χ3v) is 2.46. The van der Waals surface area contributed by atoms with Gasteiger partial charge in [0.2, 0.25) is 0 Å². The first-order valence-corrected chi connectivity index (χ1v) is 5.09. The number of methoxy groups -OCH3 is 1. The molecule has 0 atom stereocenters. The molecule has 0 fully saturated rings. The summed E-state index contributed by atoms with van der Waals surface area (Å²) in [7, 11) is 1.38. The average molecular weight is 215 g/mol. The maximum Gasteiger partial charge on any atom is 0.413 e. The monoisotopic (exact) mass is 215 g/mol. The molecule has 0 saturated heterocycles. The van der Waals surface area contributed by atoms with E-state index < -0.39 is 0 Å². The number of carbonyl (C=O) groups is 1. The van der Waals surface area contributed by atoms with Crippen LogP contribution < -0.4 is 0 Å². The van der Waals surface area contributed by atoms with E-state index in [0.29, 0.717) is 6.54 Å². The van der Waals surface area contributed by atoms with Crippen molar-refractivity contribution in [1.29, 1.82) is 0 Å². The zero-order chi connectivity index (χ0) is 11.4. The van der Waals surface area contributed by atoms with E-state index in [1.807, 2.05) is 42.5 Å². The molecule has 1 aromatic rings. The average Bonchev–Trinajstić information content (AvgIpc) is 2.39. The molecule has 1 aliphatic heterocycles. The van der Waals surface area contributed by atoms with Crippen LogP contribution in [-0.4, -0.2) is 24.6 Å². The molecule has 0 aliphatic carbocycles. The fraction of sp³-hybridized carbons (Fsp3) is 0.154. The van der Waals surface area contributed by atoms with Crippen LogP contribution in [0.3, 0.4) is 0 Å². The van der Waals surface area contributed by atoms with E-state index in [1.165, 1.54) is 12.0 Å². The molecular formula is C13H13NO2. The highest BCUT2D eigenvalue weighted by Crippen LogP contribution is 2.19. The topological polar surface area (TPSA) is 29.5 Å². The summed E-state index contributed by atoms with van der Waals surface area (Å²) in [5.74, 6) is 0. The summed E-state index contributed by atoms with van der Waals surface area (Å²) in [6.07, 6.45) is 5.33. The van der Waals surface area contributed by atoms with Gasteiger partial charge in [0, 0.05) is 12.7 Å². The van der Waals surface area contributed by atoms with Gasteiger partial charge in [-0.1, -0.05) is 36.4 Å². The van der Waals surface area contributed by atoms with E-state index >= 15 is 0 Å². The molecule has 0 radical (unpaired) electrons. The van der Waals surface area contributed by atoms with Gasteiger partial charge in [0.25, 0.3) is 0 Å². The number of rotatable bonds is 1. The third kappa shape index (κ3) is 2.14. The fourth-order valence-corrected chi connectivity index (χ4v) is 1.59. The molecule has 3 heteroatoms. The lowest BCUT2D eigenvalue weighted by atomic mass is 10.0. The van der Waals surface area contributed by atoms with Crippen LogP contribution in [0.25, 0.3) is 5.57 Å². The molecule has 1 aromatic carbocycles. The Labute approximate surface area is 94.6 Å². The molecule has 0 spiro atoms. The Balaban J connectivity index is 2.11. The molecule has 1 amide bonds. The van der Waals surface area contributed by atoms with Gasteiger partial charge >= 0.3 is 6.09 Å². The van der Waals surface area contributed by atoms with E-state index in [1.54, 1.807) is 6.20 Å². The van der Waals surface area contributed by atoms with Gasteiger partial charge in [0.15, 0.2) is 0 Å². The molecule has 0 N–H and O–H groups in total. The van der Waals surface area contributed by atoms with Gasteiger partial charge in [0.05, 0.1) is 7.11 Å². The number of nitrogens with zero attached hydrogens (tertiary/aromatic N) is 1. The normalized spacial score (nSPS) is 14.6. The summed E-state index contributed by atoms with van der Waals surface area (Å²) in [6, 6.07) is 10.1. The number of benzene rings is 1. The van der Waals surface area contributed by atoms with Crippen molar-refractivity contribution in [2.75, 3.05) is 13.7 Å². The van der Waals surface area contributed by atoms with Crippen molar-refractivity contribution in [2.24, 2.45) is 0 Å². The smallest absolute Gasteiger partial charge is 0.413 e. The maximum absolute atomic E-state index is 11.2. The van der Waals surface area contributed by atoms with E-state index in [4.69, 9.17) is 0 Å². The molecule has 0 aromatic heterocycles. The van der Waals surface area contributed by atoms with Gasteiger partial charge < -0.3 is 4.74 Å². The van der Waals surface area contributed by atoms with E-state index in [0.717, 1.165) is 11.1 Å². The SMILES string of the molecule is COC(=O)N1C=CC(c2ccccc2)=CC1. The summed E-state index contributed by atoms with van der Waals surface area (Å²) in [6.45, 7) is 0.549. The summed E-state index contributed by atoms with van der Waals surface area (Å²) in [5, 5.41) is 0. The van der Waals surface area contributed by atoms with Crippen molar-refractivity contribution in [3.63, 3.8) is 0 Å². The predicted molar refractivity (Wildman–Crippen MR) is 62.7 cm³/mol. The second-order valence-corrected chi connectivity index (χ2v) is 3.46. The Bertz CT molecular complexity index is 435. The minimum absolute atomic E-state index is 0.334. The van der Waals surface area contributed by atoms with Gasteiger partial charge in [-0.25, -0.2) is 4.79 Å². The van der Waals surface area contributed by atoms with Crippen LogP contribution in [0.5, 0.6) is 0 Å². The second kappa shape index (κ2) is 4.66. The Hall–Kier alpha value is -2.03. The van der Waals surface area contributed by atoms with E-state index in [-0.39, 0.29) is 6.09 Å². The summed E-state index contributed by atoms with van der Waals surface area (Å²) >= 11 is 0. The first kappa shape index (κ1) is 10.5. The van der Waals surface area contributed by atoms with Crippen LogP contribution in [0, 0.1) is 0 Å². The largest absolute Gasteiger partial charge is 0.452 e. The minimum Gasteiger partial charge on any atom is -0.452 e. The lowest BCUT2D eigenvalue weighted by Gasteiger charge is -2.19. The first-order valence-electron chi connectivity index (χ1n) is 5.09. The van der Waals surface area contributed by atoms with Crippen LogP contribution in [0.4, 0.5) is 4.79 Å². The third-order valence-electron chi connectivity index (χ3n) is 2.46. The van der Waals surface area contributed by atoms with Crippen molar-refractivity contribution < 1.29 is 9.53 Å². The number of hydrogen-bond acceptors (Lipinski definition) is 2. The van der Waals surface area contributed by atoms with Gasteiger partial charge in [-0.2, -0.15) is 0 Å². The first-order chi connectivity index (χ1) is 7.81. The highest BCUT2D eigenvalue weighted by molar-refractivity contribution is 5.78. The molecule has 0 bridgehead atoms. The lowest BCUT2D eigenvalue weighted by Crippen LogP contribution is -2.27. The Kier molecular flexibility index (Phi) is 3.05. The zero-order valence-corrected chi connectivity index (χ0v) is 9.09. The molecule has 3 nitrogen and oxygen atoms in total. The molecule has 2 rings (SSSR count). The zero-order valence-electron chi connectivity index (χ0n) is 9.09. The predicted octanol–water partition coefficient (Wildman–Crippen LogP) is 2.67. The number of ether oxygens (including phenoxy) is 1. The van der Waals surface area contributed by atoms with Crippen LogP contribution in [0.15, 0.2) is 48.7 Å². The molecule has 0 unspecified atom stereocenters. The van der Waals surface area contributed by atoms with Crippen molar-refractivity contribution in [2.45, 2.75) is 0 Å². The van der Waals surface area contributed by atoms with E-state index in [9.17, 15) is 4.79 Å². The fourth-order valence-electron chi connectivity index (χ4n) is 1.59. The summed E-state index contributed by atoms with van der Waals surface area (Å²) < 4.78 is 4.64. The minimum atomic E-state index is -0.334. The lowest BCUT2D eigenvalue weighted by molar-refractivity contribution is 0.143. The standard InChI is InChI=1S/C13H13NO2/c1-16-13(15)14-9-7-12(8-10-14)11-5-3-2-4-6-11/h2-9H,10H2,1H3. The van der Waals surface area contributed by atoms with Gasteiger partial charge in [0.1, 0.15) is 0 Å². The second-order valence-electron chi connectivity index (χ2n) is 3.46. The molecular weight excluding hydrogens is 202 g/mol. The van der Waals surface area contributed by atoms with Crippen molar-refractivity contribution in [3.05, 3.63) is 54.2 Å². The molecule has 0 saturated carbocycles. The Morgan fingerprint density at radius 3 is 2.62 bits per heavy atom. The Morgan fingerprint density at radius 1 is 1.31 bits per heavy atom. The molecule has 1 heterocycles. The van der Waals surface area contributed by atoms with Crippen molar-refractivity contribution in [1.82, 2.24) is 4.90 Å². The highest BCUT2D eigenvalue weighted by Gasteiger charge is 2.12. The van der Waals surface area contributed by atoms with Crippen LogP contribution in [-0.2, 0) is 4.74 Å². The number of amides is 1. The van der Waals surface area contributed by atoms with E-state index in [2.05, 4.69) is 4.74 Å². The molecule has 1 aliphatic rings. The molecule has 16 heavy (non-hydrogen) atoms. The highest BCUT2D eigenvalue weighted by atomic mass is 16.5. The van der Waals surface area contributed by atoms with Crippen molar-refractivity contribution >= 4 is 11.7 Å². The van der Waals surface area contributed by atoms with Gasteiger partial charge in [-0.05, 0) is 17.2 Å². The van der Waals surface area contributed by atoms with Crippen LogP contribution >= 0.6 is 0 Å². The quantitative estimate of drug-likeness (QED) is 0.720. The number of hydrogen-bond donors (Lipinski definition) is 0. The van der Waals surface area contributed by atoms with Crippen LogP contribution in [0.1, 0.15) is 5.56 Å². The summed E-state index contributed by atoms with van der Waals surface area (Å²) in [4.78, 5) is 12.8. The maximum atomic E-state index is 11.2. The van der Waals surface area contributed by atoms with Crippen molar-refractivity contribution in [3.8, 4) is 0 Å². The Morgan fingerprint density at radius 2 is 2.06 bits per heavy atom. The number of carbonyl (C=O) groups excluding carboxylic acids is 1. The van der Waals surface area contributed by atoms with Crippen LogP contribution in [0.2, 0.25) is 0 Å².